The summed E-state index contributed by atoms with van der Waals surface area (Å²) >= 11 is 0. The van der Waals surface area contributed by atoms with E-state index >= 15 is 0 Å². The van der Waals surface area contributed by atoms with E-state index in [1.807, 2.05) is 41.5 Å². The van der Waals surface area contributed by atoms with Crippen molar-refractivity contribution in [3.05, 3.63) is 28.8 Å². The third-order valence-electron chi connectivity index (χ3n) is 3.52. The van der Waals surface area contributed by atoms with Gasteiger partial charge in [0.05, 0.1) is 12.7 Å². The van der Waals surface area contributed by atoms with Crippen molar-refractivity contribution in [2.75, 3.05) is 14.2 Å². The highest BCUT2D eigenvalue weighted by molar-refractivity contribution is 5.90. The molecule has 0 saturated carbocycles. The van der Waals surface area contributed by atoms with Gasteiger partial charge in [0.1, 0.15) is 5.75 Å². The molecule has 0 aromatic heterocycles. The highest BCUT2D eigenvalue weighted by atomic mass is 16.6. The van der Waals surface area contributed by atoms with Gasteiger partial charge in [-0.15, -0.1) is 0 Å². The van der Waals surface area contributed by atoms with Crippen molar-refractivity contribution < 1.29 is 19.1 Å². The maximum Gasteiger partial charge on any atom is 0.412 e. The van der Waals surface area contributed by atoms with Crippen molar-refractivity contribution in [3.63, 3.8) is 0 Å². The van der Waals surface area contributed by atoms with Crippen LogP contribution in [-0.2, 0) is 15.6 Å². The number of benzene rings is 1. The van der Waals surface area contributed by atoms with Crippen LogP contribution in [0.4, 0.5) is 4.79 Å². The summed E-state index contributed by atoms with van der Waals surface area (Å²) < 4.78 is 10.4. The molecule has 0 unspecified atom stereocenters. The normalized spacial score (nSPS) is 11.8. The Bertz CT molecular complexity index is 571. The number of carbonyl (C=O) groups is 2. The number of ether oxygens (including phenoxy) is 2. The summed E-state index contributed by atoms with van der Waals surface area (Å²) in [6.07, 6.45) is -0.535. The smallest absolute Gasteiger partial charge is 0.412 e. The van der Waals surface area contributed by atoms with Gasteiger partial charge in [0, 0.05) is 18.2 Å². The Morgan fingerprint density at radius 3 is 1.70 bits per heavy atom. The van der Waals surface area contributed by atoms with Gasteiger partial charge in [0.25, 0.3) is 0 Å². The molecule has 0 aliphatic carbocycles. The number of nitrogens with one attached hydrogen (secondary N) is 1. The molecule has 0 fully saturated rings. The number of methoxy groups -OCH3 is 1. The van der Waals surface area contributed by atoms with Crippen LogP contribution in [0.25, 0.3) is 0 Å². The minimum Gasteiger partial charge on any atom is -0.465 e. The summed E-state index contributed by atoms with van der Waals surface area (Å²) in [5.74, 6) is 0.0875. The zero-order chi connectivity index (χ0) is 18.0. The number of amides is 1. The van der Waals surface area contributed by atoms with Gasteiger partial charge in [-0.05, 0) is 23.0 Å². The van der Waals surface area contributed by atoms with Crippen molar-refractivity contribution in [2.45, 2.75) is 52.4 Å². The van der Waals surface area contributed by atoms with Gasteiger partial charge in [0.2, 0.25) is 0 Å². The second-order valence-corrected chi connectivity index (χ2v) is 7.53. The first kappa shape index (κ1) is 19.0. The minimum atomic E-state index is -0.535. The molecule has 1 N–H and O–H groups in total. The Morgan fingerprint density at radius 1 is 0.957 bits per heavy atom. The van der Waals surface area contributed by atoms with Gasteiger partial charge < -0.3 is 14.8 Å². The van der Waals surface area contributed by atoms with Crippen molar-refractivity contribution in [1.29, 1.82) is 0 Å². The van der Waals surface area contributed by atoms with Gasteiger partial charge in [-0.25, -0.2) is 9.59 Å². The fourth-order valence-electron chi connectivity index (χ4n) is 2.23. The molecule has 1 aromatic rings. The van der Waals surface area contributed by atoms with Gasteiger partial charge in [-0.3, -0.25) is 0 Å². The van der Waals surface area contributed by atoms with E-state index in [1.165, 1.54) is 14.2 Å². The van der Waals surface area contributed by atoms with Crippen LogP contribution in [0.3, 0.4) is 0 Å². The lowest BCUT2D eigenvalue weighted by Gasteiger charge is -2.29. The lowest BCUT2D eigenvalue weighted by atomic mass is 9.78. The first-order valence-electron chi connectivity index (χ1n) is 7.58. The van der Waals surface area contributed by atoms with E-state index in [9.17, 15) is 9.59 Å². The van der Waals surface area contributed by atoms with Crippen molar-refractivity contribution >= 4 is 12.1 Å². The van der Waals surface area contributed by atoms with Crippen molar-refractivity contribution in [3.8, 4) is 5.75 Å². The molecular weight excluding hydrogens is 294 g/mol. The Morgan fingerprint density at radius 2 is 1.39 bits per heavy atom. The molecule has 0 heterocycles. The molecule has 0 spiro atoms. The number of hydrogen-bond acceptors (Lipinski definition) is 4. The van der Waals surface area contributed by atoms with Crippen LogP contribution in [0, 0.1) is 0 Å². The Balaban J connectivity index is 3.74. The topological polar surface area (TPSA) is 64.6 Å². The molecule has 1 amide bonds. The molecule has 0 saturated heterocycles. The van der Waals surface area contributed by atoms with Crippen molar-refractivity contribution in [1.82, 2.24) is 5.32 Å². The number of carbonyl (C=O) groups excluding carboxylic acids is 2. The predicted octanol–water partition coefficient (Wildman–Crippen LogP) is 3.79. The maximum atomic E-state index is 12.0. The third kappa shape index (κ3) is 4.47. The van der Waals surface area contributed by atoms with Crippen LogP contribution >= 0.6 is 0 Å². The van der Waals surface area contributed by atoms with E-state index in [4.69, 9.17) is 9.47 Å². The summed E-state index contributed by atoms with van der Waals surface area (Å²) in [7, 11) is 2.86. The molecule has 1 aromatic carbocycles. The van der Waals surface area contributed by atoms with Crippen LogP contribution in [-0.4, -0.2) is 26.2 Å². The van der Waals surface area contributed by atoms with Gasteiger partial charge in [0.15, 0.2) is 0 Å². The first-order chi connectivity index (χ1) is 10.4. The summed E-state index contributed by atoms with van der Waals surface area (Å²) in [5.41, 5.74) is 1.40. The van der Waals surface area contributed by atoms with Crippen LogP contribution in [0.5, 0.6) is 5.75 Å². The highest BCUT2D eigenvalue weighted by Crippen LogP contribution is 2.40. The molecule has 23 heavy (non-hydrogen) atoms. The number of esters is 1. The molecule has 0 aliphatic heterocycles. The number of rotatable bonds is 2. The van der Waals surface area contributed by atoms with E-state index in [2.05, 4.69) is 5.32 Å². The van der Waals surface area contributed by atoms with Crippen LogP contribution in [0.15, 0.2) is 12.1 Å². The first-order valence-corrected chi connectivity index (χ1v) is 7.58. The Kier molecular flexibility index (Phi) is 5.46. The molecule has 0 atom stereocenters. The highest BCUT2D eigenvalue weighted by Gasteiger charge is 2.30. The van der Waals surface area contributed by atoms with E-state index in [1.54, 1.807) is 12.1 Å². The summed E-state index contributed by atoms with van der Waals surface area (Å²) in [4.78, 5) is 23.8. The van der Waals surface area contributed by atoms with E-state index < -0.39 is 12.1 Å². The molecule has 128 valence electrons. The lowest BCUT2D eigenvalue weighted by Crippen LogP contribution is -2.27. The predicted molar refractivity (Wildman–Crippen MR) is 90.3 cm³/mol. The molecule has 0 bridgehead atoms. The maximum absolute atomic E-state index is 12.0. The molecule has 5 heteroatoms. The zero-order valence-corrected chi connectivity index (χ0v) is 15.3. The lowest BCUT2D eigenvalue weighted by molar-refractivity contribution is 0.0600. The van der Waals surface area contributed by atoms with E-state index in [0.717, 1.165) is 11.1 Å². The van der Waals surface area contributed by atoms with Gasteiger partial charge in [-0.2, -0.15) is 0 Å². The summed E-state index contributed by atoms with van der Waals surface area (Å²) in [6.45, 7) is 12.0. The number of hydrogen-bond donors (Lipinski definition) is 1. The summed E-state index contributed by atoms with van der Waals surface area (Å²) in [6, 6.07) is 3.47. The standard InChI is InChI=1S/C18H27NO4/c1-17(2,3)12-9-11(15(20)22-8)10-13(18(4,5)6)14(12)23-16(21)19-7/h9-10H,1-8H3,(H,19,21). The monoisotopic (exact) mass is 321 g/mol. The van der Waals surface area contributed by atoms with Crippen LogP contribution in [0.1, 0.15) is 63.0 Å². The van der Waals surface area contributed by atoms with E-state index in [-0.39, 0.29) is 10.8 Å². The average molecular weight is 321 g/mol. The van der Waals surface area contributed by atoms with Crippen molar-refractivity contribution in [2.24, 2.45) is 0 Å². The average Bonchev–Trinajstić information content (AvgIpc) is 2.43. The second kappa shape index (κ2) is 6.60. The Hall–Kier alpha value is -2.04. The minimum absolute atomic E-state index is 0.312. The van der Waals surface area contributed by atoms with Gasteiger partial charge >= 0.3 is 12.1 Å². The molecule has 0 aliphatic rings. The fraction of sp³-hybridized carbons (Fsp3) is 0.556. The molecule has 1 rings (SSSR count). The van der Waals surface area contributed by atoms with Gasteiger partial charge in [-0.1, -0.05) is 41.5 Å². The second-order valence-electron chi connectivity index (χ2n) is 7.53. The summed E-state index contributed by atoms with van der Waals surface area (Å²) in [5, 5.41) is 2.47. The molecular formula is C18H27NO4. The third-order valence-corrected chi connectivity index (χ3v) is 3.52. The zero-order valence-electron chi connectivity index (χ0n) is 15.3. The SMILES string of the molecule is CNC(=O)Oc1c(C(C)(C)C)cc(C(=O)OC)cc1C(C)(C)C. The van der Waals surface area contributed by atoms with Crippen LogP contribution in [0.2, 0.25) is 0 Å². The quantitative estimate of drug-likeness (QED) is 0.842. The fourth-order valence-corrected chi connectivity index (χ4v) is 2.23. The van der Waals surface area contributed by atoms with E-state index in [0.29, 0.717) is 11.3 Å². The van der Waals surface area contributed by atoms with Crippen LogP contribution < -0.4 is 10.1 Å². The Labute approximate surface area is 138 Å². The molecule has 0 radical (unpaired) electrons. The molecule has 5 nitrogen and oxygen atoms in total. The largest absolute Gasteiger partial charge is 0.465 e.